The van der Waals surface area contributed by atoms with E-state index in [2.05, 4.69) is 19.9 Å². The Kier molecular flexibility index (Phi) is 2.20. The molecule has 0 bridgehead atoms. The van der Waals surface area contributed by atoms with E-state index in [4.69, 9.17) is 11.0 Å². The monoisotopic (exact) mass is 152 g/mol. The summed E-state index contributed by atoms with van der Waals surface area (Å²) in [6.45, 7) is 4.42. The number of nitrogens with two attached hydrogens (primary N) is 1. The quantitative estimate of drug-likeness (QED) is 0.574. The van der Waals surface area contributed by atoms with Crippen LogP contribution in [-0.2, 0) is 0 Å². The third-order valence-electron chi connectivity index (χ3n) is 2.61. The summed E-state index contributed by atoms with van der Waals surface area (Å²) in [6.07, 6.45) is 3.13. The fourth-order valence-corrected chi connectivity index (χ4v) is 1.75. The van der Waals surface area contributed by atoms with Crippen molar-refractivity contribution >= 4 is 0 Å². The highest BCUT2D eigenvalue weighted by Crippen LogP contribution is 2.37. The van der Waals surface area contributed by atoms with Gasteiger partial charge in [-0.15, -0.1) is 0 Å². The smallest absolute Gasteiger partial charge is 0.0672 e. The van der Waals surface area contributed by atoms with E-state index in [1.807, 2.05) is 0 Å². The highest BCUT2D eigenvalue weighted by atomic mass is 14.7. The second-order valence-electron chi connectivity index (χ2n) is 4.31. The molecule has 1 unspecified atom stereocenters. The molecule has 1 fully saturated rings. The minimum Gasteiger partial charge on any atom is -0.327 e. The Morgan fingerprint density at radius 3 is 2.64 bits per heavy atom. The van der Waals surface area contributed by atoms with Gasteiger partial charge in [-0.05, 0) is 24.7 Å². The SMILES string of the molecule is CC1(C)CC[C@@H](N)C(C#N)C1. The Balaban J connectivity index is 2.60. The molecule has 1 rings (SSSR count). The molecule has 0 aliphatic heterocycles. The molecule has 0 aromatic heterocycles. The molecule has 1 aliphatic rings. The van der Waals surface area contributed by atoms with Gasteiger partial charge in [0.1, 0.15) is 0 Å². The summed E-state index contributed by atoms with van der Waals surface area (Å²) in [6, 6.07) is 2.40. The minimum absolute atomic E-state index is 0.0822. The van der Waals surface area contributed by atoms with Gasteiger partial charge < -0.3 is 5.73 Å². The zero-order valence-corrected chi connectivity index (χ0v) is 7.30. The Morgan fingerprint density at radius 2 is 2.18 bits per heavy atom. The summed E-state index contributed by atoms with van der Waals surface area (Å²) in [5.74, 6) is 0.0822. The van der Waals surface area contributed by atoms with E-state index in [9.17, 15) is 0 Å². The van der Waals surface area contributed by atoms with Crippen LogP contribution in [0.25, 0.3) is 0 Å². The van der Waals surface area contributed by atoms with Crippen molar-refractivity contribution in [2.75, 3.05) is 0 Å². The van der Waals surface area contributed by atoms with Crippen LogP contribution >= 0.6 is 0 Å². The highest BCUT2D eigenvalue weighted by molar-refractivity contribution is 4.97. The van der Waals surface area contributed by atoms with Crippen molar-refractivity contribution in [2.45, 2.75) is 39.2 Å². The average Bonchev–Trinajstić information content (AvgIpc) is 1.94. The first-order chi connectivity index (χ1) is 5.05. The van der Waals surface area contributed by atoms with Gasteiger partial charge in [0.05, 0.1) is 12.0 Å². The predicted octanol–water partition coefficient (Wildman–Crippen LogP) is 1.66. The summed E-state index contributed by atoms with van der Waals surface area (Å²) < 4.78 is 0. The average molecular weight is 152 g/mol. The van der Waals surface area contributed by atoms with Crippen LogP contribution in [0.4, 0.5) is 0 Å². The molecule has 0 aromatic carbocycles. The molecule has 2 atom stereocenters. The van der Waals surface area contributed by atoms with E-state index in [1.54, 1.807) is 0 Å². The second kappa shape index (κ2) is 2.83. The molecular formula is C9H16N2. The molecule has 0 heterocycles. The van der Waals surface area contributed by atoms with Crippen LogP contribution < -0.4 is 5.73 Å². The lowest BCUT2D eigenvalue weighted by molar-refractivity contribution is 0.188. The van der Waals surface area contributed by atoms with Crippen molar-refractivity contribution in [3.8, 4) is 6.07 Å². The van der Waals surface area contributed by atoms with Crippen molar-refractivity contribution in [3.05, 3.63) is 0 Å². The van der Waals surface area contributed by atoms with E-state index < -0.39 is 0 Å². The Hall–Kier alpha value is -0.550. The molecule has 1 saturated carbocycles. The zero-order chi connectivity index (χ0) is 8.48. The lowest BCUT2D eigenvalue weighted by atomic mass is 9.71. The van der Waals surface area contributed by atoms with Crippen molar-refractivity contribution < 1.29 is 0 Å². The number of nitriles is 1. The second-order valence-corrected chi connectivity index (χ2v) is 4.31. The molecule has 2 nitrogen and oxygen atoms in total. The van der Waals surface area contributed by atoms with Gasteiger partial charge in [0.15, 0.2) is 0 Å². The summed E-state index contributed by atoms with van der Waals surface area (Å²) in [4.78, 5) is 0. The van der Waals surface area contributed by atoms with Crippen LogP contribution in [-0.4, -0.2) is 6.04 Å². The first-order valence-corrected chi connectivity index (χ1v) is 4.20. The Morgan fingerprint density at radius 1 is 1.55 bits per heavy atom. The maximum absolute atomic E-state index is 8.76. The summed E-state index contributed by atoms with van der Waals surface area (Å²) in [7, 11) is 0. The van der Waals surface area contributed by atoms with Crippen molar-refractivity contribution in [3.63, 3.8) is 0 Å². The molecule has 0 aromatic rings. The van der Waals surface area contributed by atoms with Crippen molar-refractivity contribution in [1.82, 2.24) is 0 Å². The fraction of sp³-hybridized carbons (Fsp3) is 0.889. The number of hydrogen-bond acceptors (Lipinski definition) is 2. The molecule has 0 saturated heterocycles. The molecular weight excluding hydrogens is 136 g/mol. The van der Waals surface area contributed by atoms with Crippen molar-refractivity contribution in [1.29, 1.82) is 5.26 Å². The van der Waals surface area contributed by atoms with E-state index >= 15 is 0 Å². The fourth-order valence-electron chi connectivity index (χ4n) is 1.75. The molecule has 0 amide bonds. The molecule has 0 radical (unpaired) electrons. The van der Waals surface area contributed by atoms with Gasteiger partial charge in [-0.1, -0.05) is 13.8 Å². The molecule has 62 valence electrons. The van der Waals surface area contributed by atoms with Gasteiger partial charge in [0, 0.05) is 6.04 Å². The van der Waals surface area contributed by atoms with Crippen molar-refractivity contribution in [2.24, 2.45) is 17.1 Å². The normalized spacial score (nSPS) is 36.2. The molecule has 0 spiro atoms. The van der Waals surface area contributed by atoms with Crippen LogP contribution in [0.5, 0.6) is 0 Å². The largest absolute Gasteiger partial charge is 0.327 e. The first kappa shape index (κ1) is 8.55. The number of rotatable bonds is 0. The maximum atomic E-state index is 8.76. The molecule has 11 heavy (non-hydrogen) atoms. The lowest BCUT2D eigenvalue weighted by Gasteiger charge is -2.35. The summed E-state index contributed by atoms with van der Waals surface area (Å²) >= 11 is 0. The predicted molar refractivity (Wildman–Crippen MR) is 44.7 cm³/mol. The van der Waals surface area contributed by atoms with Gasteiger partial charge in [-0.25, -0.2) is 0 Å². The van der Waals surface area contributed by atoms with Crippen LogP contribution in [0.15, 0.2) is 0 Å². The number of hydrogen-bond donors (Lipinski definition) is 1. The zero-order valence-electron chi connectivity index (χ0n) is 7.30. The van der Waals surface area contributed by atoms with Gasteiger partial charge in [0.2, 0.25) is 0 Å². The van der Waals surface area contributed by atoms with E-state index in [-0.39, 0.29) is 12.0 Å². The van der Waals surface area contributed by atoms with Crippen LogP contribution in [0.3, 0.4) is 0 Å². The molecule has 2 heteroatoms. The lowest BCUT2D eigenvalue weighted by Crippen LogP contribution is -2.38. The van der Waals surface area contributed by atoms with Gasteiger partial charge in [0.25, 0.3) is 0 Å². The maximum Gasteiger partial charge on any atom is 0.0672 e. The third kappa shape index (κ3) is 1.94. The summed E-state index contributed by atoms with van der Waals surface area (Å²) in [5.41, 5.74) is 6.12. The third-order valence-corrected chi connectivity index (χ3v) is 2.61. The topological polar surface area (TPSA) is 49.8 Å². The van der Waals surface area contributed by atoms with E-state index in [1.165, 1.54) is 0 Å². The minimum atomic E-state index is 0.0822. The molecule has 1 aliphatic carbocycles. The van der Waals surface area contributed by atoms with Crippen LogP contribution in [0.1, 0.15) is 33.1 Å². The van der Waals surface area contributed by atoms with Gasteiger partial charge in [-0.3, -0.25) is 0 Å². The standard InChI is InChI=1S/C9H16N2/c1-9(2)4-3-8(11)7(5-9)6-10/h7-8H,3-5,11H2,1-2H3/t7?,8-/m1/s1. The Labute approximate surface area is 68.4 Å². The highest BCUT2D eigenvalue weighted by Gasteiger charge is 2.32. The first-order valence-electron chi connectivity index (χ1n) is 4.20. The van der Waals surface area contributed by atoms with Crippen LogP contribution in [0, 0.1) is 22.7 Å². The number of nitrogens with zero attached hydrogens (tertiary/aromatic N) is 1. The van der Waals surface area contributed by atoms with Crippen LogP contribution in [0.2, 0.25) is 0 Å². The molecule has 2 N–H and O–H groups in total. The van der Waals surface area contributed by atoms with E-state index in [0.29, 0.717) is 5.41 Å². The van der Waals surface area contributed by atoms with E-state index in [0.717, 1.165) is 19.3 Å². The van der Waals surface area contributed by atoms with Gasteiger partial charge in [-0.2, -0.15) is 5.26 Å². The summed E-state index contributed by atoms with van der Waals surface area (Å²) in [5, 5.41) is 8.76. The Bertz CT molecular complexity index is 178. The van der Waals surface area contributed by atoms with Gasteiger partial charge >= 0.3 is 0 Å².